The lowest BCUT2D eigenvalue weighted by atomic mass is 10.3. The summed E-state index contributed by atoms with van der Waals surface area (Å²) in [6.07, 6.45) is 9.63. The second kappa shape index (κ2) is 7.58. The lowest BCUT2D eigenvalue weighted by Crippen LogP contribution is -2.06. The van der Waals surface area contributed by atoms with E-state index in [2.05, 4.69) is 15.5 Å². The van der Waals surface area contributed by atoms with E-state index in [0.29, 0.717) is 12.6 Å². The van der Waals surface area contributed by atoms with Crippen LogP contribution in [0.15, 0.2) is 24.8 Å². The van der Waals surface area contributed by atoms with Gasteiger partial charge in [-0.3, -0.25) is 9.36 Å². The summed E-state index contributed by atoms with van der Waals surface area (Å²) in [7, 11) is 0. The van der Waals surface area contributed by atoms with Crippen molar-refractivity contribution in [2.75, 3.05) is 5.32 Å². The van der Waals surface area contributed by atoms with E-state index < -0.39 is 6.43 Å². The normalized spacial score (nSPS) is 15.2. The molecule has 1 N–H and O–H groups in total. The Morgan fingerprint density at radius 3 is 2.68 bits per heavy atom. The Morgan fingerprint density at radius 1 is 1.18 bits per heavy atom. The van der Waals surface area contributed by atoms with Gasteiger partial charge in [-0.2, -0.15) is 10.2 Å². The van der Waals surface area contributed by atoms with Gasteiger partial charge < -0.3 is 5.32 Å². The smallest absolute Gasteiger partial charge is 0.257 e. The first-order valence-electron chi connectivity index (χ1n) is 7.28. The third kappa shape index (κ3) is 4.19. The maximum Gasteiger partial charge on any atom is 0.257 e. The van der Waals surface area contributed by atoms with Gasteiger partial charge >= 0.3 is 0 Å². The molecule has 1 fully saturated rings. The number of aromatic nitrogens is 4. The summed E-state index contributed by atoms with van der Waals surface area (Å²) in [6, 6.07) is 0.523. The van der Waals surface area contributed by atoms with Gasteiger partial charge in [-0.25, -0.2) is 8.78 Å². The van der Waals surface area contributed by atoms with Gasteiger partial charge in [0.2, 0.25) is 0 Å². The predicted molar refractivity (Wildman–Crippen MR) is 82.5 cm³/mol. The average Bonchev–Trinajstić information content (AvgIpc) is 3.17. The molecule has 22 heavy (non-hydrogen) atoms. The molecule has 0 aliphatic heterocycles. The summed E-state index contributed by atoms with van der Waals surface area (Å²) >= 11 is 0. The Bertz CT molecular complexity index is 577. The van der Waals surface area contributed by atoms with Crippen LogP contribution < -0.4 is 5.32 Å². The minimum Gasteiger partial charge on any atom is -0.378 e. The Kier molecular flexibility index (Phi) is 5.76. The Hall–Kier alpha value is -1.63. The lowest BCUT2D eigenvalue weighted by Gasteiger charge is -2.08. The van der Waals surface area contributed by atoms with Crippen molar-refractivity contribution in [1.82, 2.24) is 19.6 Å². The second-order valence-corrected chi connectivity index (χ2v) is 5.46. The summed E-state index contributed by atoms with van der Waals surface area (Å²) in [5, 5.41) is 11.5. The maximum absolute atomic E-state index is 12.2. The van der Waals surface area contributed by atoms with E-state index in [1.165, 1.54) is 30.4 Å². The summed E-state index contributed by atoms with van der Waals surface area (Å²) in [5.74, 6) is 0. The molecule has 0 amide bonds. The minimum absolute atomic E-state index is 0. The molecule has 0 aromatic carbocycles. The van der Waals surface area contributed by atoms with Crippen molar-refractivity contribution in [3.63, 3.8) is 0 Å². The highest BCUT2D eigenvalue weighted by atomic mass is 35.5. The van der Waals surface area contributed by atoms with Crippen LogP contribution in [0.4, 0.5) is 14.5 Å². The molecule has 0 saturated heterocycles. The van der Waals surface area contributed by atoms with Crippen LogP contribution in [-0.2, 0) is 13.1 Å². The van der Waals surface area contributed by atoms with Crippen molar-refractivity contribution in [3.8, 4) is 0 Å². The van der Waals surface area contributed by atoms with Crippen molar-refractivity contribution >= 4 is 18.1 Å². The zero-order valence-electron chi connectivity index (χ0n) is 12.2. The molecule has 1 saturated carbocycles. The predicted octanol–water partition coefficient (Wildman–Crippen LogP) is 3.49. The molecule has 122 valence electrons. The van der Waals surface area contributed by atoms with Gasteiger partial charge in [-0.1, -0.05) is 12.8 Å². The van der Waals surface area contributed by atoms with Crippen LogP contribution in [0, 0.1) is 0 Å². The highest BCUT2D eigenvalue weighted by Crippen LogP contribution is 2.29. The fourth-order valence-corrected chi connectivity index (χ4v) is 2.74. The third-order valence-corrected chi connectivity index (χ3v) is 3.81. The molecular weight excluding hydrogens is 312 g/mol. The molecule has 3 rings (SSSR count). The fraction of sp³-hybridized carbons (Fsp3) is 0.571. The number of hydrogen-bond donors (Lipinski definition) is 1. The quantitative estimate of drug-likeness (QED) is 0.881. The molecule has 0 radical (unpaired) electrons. The van der Waals surface area contributed by atoms with Crippen molar-refractivity contribution in [2.45, 2.75) is 51.2 Å². The number of halogens is 3. The number of hydrogen-bond acceptors (Lipinski definition) is 3. The van der Waals surface area contributed by atoms with Crippen LogP contribution in [0.2, 0.25) is 0 Å². The van der Waals surface area contributed by atoms with Crippen LogP contribution in [0.5, 0.6) is 0 Å². The molecule has 0 unspecified atom stereocenters. The number of anilines is 1. The number of nitrogens with zero attached hydrogens (tertiary/aromatic N) is 4. The van der Waals surface area contributed by atoms with E-state index in [4.69, 9.17) is 0 Å². The molecule has 2 heterocycles. The first kappa shape index (κ1) is 16.7. The van der Waals surface area contributed by atoms with E-state index in [0.717, 1.165) is 11.3 Å². The molecule has 8 heteroatoms. The van der Waals surface area contributed by atoms with E-state index in [-0.39, 0.29) is 19.0 Å². The van der Waals surface area contributed by atoms with Gasteiger partial charge in [-0.05, 0) is 12.8 Å². The molecule has 2 aromatic rings. The van der Waals surface area contributed by atoms with Crippen LogP contribution in [-0.4, -0.2) is 26.0 Å². The van der Waals surface area contributed by atoms with Gasteiger partial charge in [0.1, 0.15) is 6.54 Å². The van der Waals surface area contributed by atoms with Gasteiger partial charge in [0.25, 0.3) is 6.43 Å². The van der Waals surface area contributed by atoms with Crippen molar-refractivity contribution in [1.29, 1.82) is 0 Å². The topological polar surface area (TPSA) is 47.7 Å². The minimum atomic E-state index is -2.38. The molecule has 2 aromatic heterocycles. The van der Waals surface area contributed by atoms with Crippen LogP contribution >= 0.6 is 12.4 Å². The SMILES string of the molecule is Cl.FC(F)Cn1cc(CNc2cnn(C3CCCC3)c2)cn1. The molecule has 0 bridgehead atoms. The standard InChI is InChI=1S/C14H19F2N5.ClH/c15-14(16)10-20-8-11(6-18-20)5-17-12-7-19-21(9-12)13-3-1-2-4-13;/h6-9,13-14,17H,1-5,10H2;1H. The molecule has 5 nitrogen and oxygen atoms in total. The van der Waals surface area contributed by atoms with E-state index in [1.54, 1.807) is 12.4 Å². The fourth-order valence-electron chi connectivity index (χ4n) is 2.74. The summed E-state index contributed by atoms with van der Waals surface area (Å²) in [6.45, 7) is 0.194. The van der Waals surface area contributed by atoms with Crippen LogP contribution in [0.25, 0.3) is 0 Å². The first-order chi connectivity index (χ1) is 10.2. The number of nitrogens with one attached hydrogen (secondary N) is 1. The first-order valence-corrected chi connectivity index (χ1v) is 7.28. The van der Waals surface area contributed by atoms with Crippen molar-refractivity contribution in [2.24, 2.45) is 0 Å². The Labute approximate surface area is 134 Å². The molecule has 1 aliphatic carbocycles. The second-order valence-electron chi connectivity index (χ2n) is 5.46. The zero-order valence-corrected chi connectivity index (χ0v) is 13.0. The average molecular weight is 332 g/mol. The van der Waals surface area contributed by atoms with Gasteiger partial charge in [-0.15, -0.1) is 12.4 Å². The third-order valence-electron chi connectivity index (χ3n) is 3.81. The highest BCUT2D eigenvalue weighted by Gasteiger charge is 2.17. The zero-order chi connectivity index (χ0) is 14.7. The monoisotopic (exact) mass is 331 g/mol. The summed E-state index contributed by atoms with van der Waals surface area (Å²) < 4.78 is 27.8. The maximum atomic E-state index is 12.2. The molecule has 0 spiro atoms. The number of rotatable bonds is 6. The largest absolute Gasteiger partial charge is 0.378 e. The lowest BCUT2D eigenvalue weighted by molar-refractivity contribution is 0.122. The Balaban J connectivity index is 0.00000176. The Morgan fingerprint density at radius 2 is 1.95 bits per heavy atom. The molecule has 0 atom stereocenters. The van der Waals surface area contributed by atoms with Gasteiger partial charge in [0.05, 0.1) is 24.1 Å². The summed E-state index contributed by atoms with van der Waals surface area (Å²) in [4.78, 5) is 0. The molecular formula is C14H20ClF2N5. The highest BCUT2D eigenvalue weighted by molar-refractivity contribution is 5.85. The van der Waals surface area contributed by atoms with Crippen LogP contribution in [0.3, 0.4) is 0 Å². The van der Waals surface area contributed by atoms with E-state index in [9.17, 15) is 8.78 Å². The summed E-state index contributed by atoms with van der Waals surface area (Å²) in [5.41, 5.74) is 1.83. The van der Waals surface area contributed by atoms with Crippen molar-refractivity contribution in [3.05, 3.63) is 30.4 Å². The molecule has 1 aliphatic rings. The number of alkyl halides is 2. The van der Waals surface area contributed by atoms with E-state index >= 15 is 0 Å². The van der Waals surface area contributed by atoms with Crippen LogP contribution in [0.1, 0.15) is 37.3 Å². The van der Waals surface area contributed by atoms with Gasteiger partial charge in [0.15, 0.2) is 0 Å². The van der Waals surface area contributed by atoms with E-state index in [1.807, 2.05) is 17.1 Å². The van der Waals surface area contributed by atoms with Gasteiger partial charge in [0, 0.05) is 24.5 Å². The van der Waals surface area contributed by atoms with Crippen molar-refractivity contribution < 1.29 is 8.78 Å².